The first-order valence-corrected chi connectivity index (χ1v) is 5.49. The third-order valence-electron chi connectivity index (χ3n) is 2.13. The van der Waals surface area contributed by atoms with Gasteiger partial charge in [-0.05, 0) is 29.3 Å². The summed E-state index contributed by atoms with van der Waals surface area (Å²) in [5.41, 5.74) is 1.01. The molecule has 0 radical (unpaired) electrons. The minimum absolute atomic E-state index is 0.0266. The van der Waals surface area contributed by atoms with E-state index in [0.717, 1.165) is 6.21 Å². The number of oxime groups is 1. The predicted molar refractivity (Wildman–Crippen MR) is 71.9 cm³/mol. The van der Waals surface area contributed by atoms with Gasteiger partial charge in [-0.3, -0.25) is 0 Å². The Morgan fingerprint density at radius 1 is 1.33 bits per heavy atom. The fourth-order valence-electron chi connectivity index (χ4n) is 1.34. The number of carboxylic acid groups (broad SMARTS) is 1. The Morgan fingerprint density at radius 3 is 2.28 bits per heavy atom. The second-order valence-electron chi connectivity index (χ2n) is 3.21. The van der Waals surface area contributed by atoms with Crippen molar-refractivity contribution in [2.24, 2.45) is 5.16 Å². The van der Waals surface area contributed by atoms with Crippen molar-refractivity contribution >= 4 is 41.0 Å². The lowest BCUT2D eigenvalue weighted by molar-refractivity contribution is 0.0697. The first-order chi connectivity index (χ1) is 8.51. The molecule has 0 aliphatic carbocycles. The topological polar surface area (TPSA) is 69.9 Å². The zero-order valence-electron chi connectivity index (χ0n) is 9.10. The summed E-state index contributed by atoms with van der Waals surface area (Å²) in [4.78, 5) is 10.9. The van der Waals surface area contributed by atoms with Gasteiger partial charge in [-0.2, -0.15) is 0 Å². The van der Waals surface area contributed by atoms with Crippen LogP contribution in [0.5, 0.6) is 0 Å². The molecular weight excluding hydrogens is 277 g/mol. The molecule has 0 unspecified atom stereocenters. The third kappa shape index (κ3) is 3.12. The number of carboxylic acids is 1. The number of hydrogen-bond acceptors (Lipinski definition) is 3. The minimum atomic E-state index is -1.20. The highest BCUT2D eigenvalue weighted by atomic mass is 35.5. The third-order valence-corrected chi connectivity index (χ3v) is 2.73. The molecule has 18 heavy (non-hydrogen) atoms. The standard InChI is InChI=1S/C12H9Cl2NO3/c1-2-7(3-4-15-18)8-5-9(13)11(12(16)17)10(14)6-8/h2-6,18H,1H2,(H,16,17)/b7-3+,15-4?. The van der Waals surface area contributed by atoms with Gasteiger partial charge in [0, 0.05) is 0 Å². The van der Waals surface area contributed by atoms with E-state index in [0.29, 0.717) is 11.1 Å². The molecule has 0 heterocycles. The normalized spacial score (nSPS) is 11.8. The first kappa shape index (κ1) is 14.3. The van der Waals surface area contributed by atoms with Gasteiger partial charge in [0.1, 0.15) is 0 Å². The van der Waals surface area contributed by atoms with Crippen LogP contribution in [0.15, 0.2) is 36.0 Å². The smallest absolute Gasteiger partial charge is 0.338 e. The number of halogens is 2. The van der Waals surface area contributed by atoms with Gasteiger partial charge in [0.2, 0.25) is 0 Å². The zero-order chi connectivity index (χ0) is 13.7. The predicted octanol–water partition coefficient (Wildman–Crippen LogP) is 3.72. The summed E-state index contributed by atoms with van der Waals surface area (Å²) >= 11 is 11.7. The molecule has 4 nitrogen and oxygen atoms in total. The Kier molecular flexibility index (Phi) is 4.95. The van der Waals surface area contributed by atoms with E-state index in [2.05, 4.69) is 11.7 Å². The SMILES string of the molecule is C=C/C(=C\C=NO)c1cc(Cl)c(C(=O)O)c(Cl)c1. The van der Waals surface area contributed by atoms with E-state index in [-0.39, 0.29) is 15.6 Å². The van der Waals surface area contributed by atoms with Gasteiger partial charge < -0.3 is 10.3 Å². The van der Waals surface area contributed by atoms with Crippen LogP contribution in [-0.2, 0) is 0 Å². The molecule has 0 aliphatic heterocycles. The van der Waals surface area contributed by atoms with E-state index in [9.17, 15) is 4.79 Å². The summed E-state index contributed by atoms with van der Waals surface area (Å²) < 4.78 is 0. The highest BCUT2D eigenvalue weighted by molar-refractivity contribution is 6.39. The van der Waals surface area contributed by atoms with Crippen molar-refractivity contribution in [2.75, 3.05) is 0 Å². The van der Waals surface area contributed by atoms with Gasteiger partial charge in [-0.15, -0.1) is 0 Å². The van der Waals surface area contributed by atoms with Gasteiger partial charge in [-0.1, -0.05) is 41.0 Å². The molecule has 94 valence electrons. The second kappa shape index (κ2) is 6.23. The van der Waals surface area contributed by atoms with Crippen LogP contribution in [-0.4, -0.2) is 22.5 Å². The van der Waals surface area contributed by atoms with Gasteiger partial charge in [0.25, 0.3) is 0 Å². The van der Waals surface area contributed by atoms with Crippen LogP contribution >= 0.6 is 23.2 Å². The number of benzene rings is 1. The van der Waals surface area contributed by atoms with Gasteiger partial charge in [-0.25, -0.2) is 4.79 Å². The lowest BCUT2D eigenvalue weighted by Gasteiger charge is -2.07. The van der Waals surface area contributed by atoms with Crippen LogP contribution in [0, 0.1) is 0 Å². The van der Waals surface area contributed by atoms with E-state index >= 15 is 0 Å². The second-order valence-corrected chi connectivity index (χ2v) is 4.03. The minimum Gasteiger partial charge on any atom is -0.478 e. The van der Waals surface area contributed by atoms with E-state index in [1.54, 1.807) is 0 Å². The van der Waals surface area contributed by atoms with E-state index < -0.39 is 5.97 Å². The van der Waals surface area contributed by atoms with Crippen LogP contribution in [0.1, 0.15) is 15.9 Å². The number of allylic oxidation sites excluding steroid dienone is 3. The summed E-state index contributed by atoms with van der Waals surface area (Å²) in [5, 5.41) is 20.1. The average Bonchev–Trinajstić information content (AvgIpc) is 2.28. The van der Waals surface area contributed by atoms with Crippen molar-refractivity contribution in [1.82, 2.24) is 0 Å². The number of carbonyl (C=O) groups is 1. The lowest BCUT2D eigenvalue weighted by atomic mass is 10.0. The van der Waals surface area contributed by atoms with Crippen molar-refractivity contribution in [3.8, 4) is 0 Å². The summed E-state index contributed by atoms with van der Waals surface area (Å²) in [6, 6.07) is 2.91. The first-order valence-electron chi connectivity index (χ1n) is 4.74. The summed E-state index contributed by atoms with van der Waals surface area (Å²) in [6.07, 6.45) is 4.14. The molecule has 0 saturated heterocycles. The maximum Gasteiger partial charge on any atom is 0.338 e. The average molecular weight is 286 g/mol. The van der Waals surface area contributed by atoms with Gasteiger partial charge in [0.05, 0.1) is 21.8 Å². The zero-order valence-corrected chi connectivity index (χ0v) is 10.6. The van der Waals surface area contributed by atoms with Crippen LogP contribution in [0.2, 0.25) is 10.0 Å². The van der Waals surface area contributed by atoms with Gasteiger partial charge in [0.15, 0.2) is 0 Å². The monoisotopic (exact) mass is 285 g/mol. The maximum absolute atomic E-state index is 10.9. The fourth-order valence-corrected chi connectivity index (χ4v) is 1.99. The number of nitrogens with zero attached hydrogens (tertiary/aromatic N) is 1. The van der Waals surface area contributed by atoms with E-state index in [4.69, 9.17) is 33.5 Å². The van der Waals surface area contributed by atoms with Crippen LogP contribution < -0.4 is 0 Å². The molecule has 0 aliphatic rings. The summed E-state index contributed by atoms with van der Waals surface area (Å²) in [7, 11) is 0. The molecule has 0 aromatic heterocycles. The van der Waals surface area contributed by atoms with Crippen LogP contribution in [0.3, 0.4) is 0 Å². The van der Waals surface area contributed by atoms with E-state index in [1.165, 1.54) is 24.3 Å². The quantitative estimate of drug-likeness (QED) is 0.383. The number of rotatable bonds is 4. The number of hydrogen-bond donors (Lipinski definition) is 2. The Labute approximate surface area is 113 Å². The Hall–Kier alpha value is -1.78. The summed E-state index contributed by atoms with van der Waals surface area (Å²) in [6.45, 7) is 3.59. The molecule has 2 N–H and O–H groups in total. The van der Waals surface area contributed by atoms with Crippen molar-refractivity contribution in [2.45, 2.75) is 0 Å². The molecule has 1 rings (SSSR count). The van der Waals surface area contributed by atoms with E-state index in [1.807, 2.05) is 0 Å². The molecule has 1 aromatic rings. The number of aromatic carboxylic acids is 1. The van der Waals surface area contributed by atoms with Crippen LogP contribution in [0.25, 0.3) is 5.57 Å². The fraction of sp³-hybridized carbons (Fsp3) is 0. The molecule has 0 spiro atoms. The van der Waals surface area contributed by atoms with Crippen molar-refractivity contribution < 1.29 is 15.1 Å². The van der Waals surface area contributed by atoms with Crippen LogP contribution in [0.4, 0.5) is 0 Å². The Balaban J connectivity index is 3.37. The molecular formula is C12H9Cl2NO3. The summed E-state index contributed by atoms with van der Waals surface area (Å²) in [5.74, 6) is -1.20. The molecule has 0 saturated carbocycles. The molecule has 0 bridgehead atoms. The van der Waals surface area contributed by atoms with Crippen molar-refractivity contribution in [1.29, 1.82) is 0 Å². The van der Waals surface area contributed by atoms with Crippen molar-refractivity contribution in [3.63, 3.8) is 0 Å². The molecule has 6 heteroatoms. The van der Waals surface area contributed by atoms with Crippen molar-refractivity contribution in [3.05, 3.63) is 52.0 Å². The molecule has 1 aromatic carbocycles. The molecule has 0 amide bonds. The lowest BCUT2D eigenvalue weighted by Crippen LogP contribution is -1.99. The Morgan fingerprint density at radius 2 is 1.89 bits per heavy atom. The van der Waals surface area contributed by atoms with Gasteiger partial charge >= 0.3 is 5.97 Å². The Bertz CT molecular complexity index is 527. The highest BCUT2D eigenvalue weighted by Crippen LogP contribution is 2.29. The largest absolute Gasteiger partial charge is 0.478 e. The molecule has 0 fully saturated rings. The molecule has 0 atom stereocenters. The highest BCUT2D eigenvalue weighted by Gasteiger charge is 2.15. The maximum atomic E-state index is 10.9.